The summed E-state index contributed by atoms with van der Waals surface area (Å²) < 4.78 is 12.4. The average Bonchev–Trinajstić information content (AvgIpc) is 2.80. The molecule has 7 nitrogen and oxygen atoms in total. The zero-order chi connectivity index (χ0) is 22.9. The number of amides is 1. The van der Waals surface area contributed by atoms with Gasteiger partial charge in [-0.3, -0.25) is 14.2 Å². The Kier molecular flexibility index (Phi) is 8.70. The molecule has 8 heteroatoms. The summed E-state index contributed by atoms with van der Waals surface area (Å²) in [7, 11) is 1.62. The van der Waals surface area contributed by atoms with Crippen molar-refractivity contribution in [2.45, 2.75) is 44.6 Å². The van der Waals surface area contributed by atoms with Crippen molar-refractivity contribution in [3.63, 3.8) is 0 Å². The van der Waals surface area contributed by atoms with Crippen molar-refractivity contribution in [3.8, 4) is 5.75 Å². The number of methoxy groups -OCH3 is 1. The first-order valence-electron chi connectivity index (χ1n) is 10.6. The Morgan fingerprint density at radius 3 is 2.62 bits per heavy atom. The molecule has 0 aliphatic heterocycles. The van der Waals surface area contributed by atoms with Crippen molar-refractivity contribution >= 4 is 28.6 Å². The minimum atomic E-state index is -0.122. The van der Waals surface area contributed by atoms with Gasteiger partial charge in [0.15, 0.2) is 5.16 Å². The molecule has 1 aromatic heterocycles. The van der Waals surface area contributed by atoms with E-state index >= 15 is 0 Å². The molecule has 170 valence electrons. The van der Waals surface area contributed by atoms with E-state index in [9.17, 15) is 9.59 Å². The molecule has 0 saturated heterocycles. The Bertz CT molecular complexity index is 1100. The van der Waals surface area contributed by atoms with Gasteiger partial charge in [0.1, 0.15) is 5.75 Å². The lowest BCUT2D eigenvalue weighted by Crippen LogP contribution is -2.27. The number of aromatic nitrogens is 2. The van der Waals surface area contributed by atoms with Crippen LogP contribution in [0.15, 0.2) is 58.5 Å². The SMILES string of the molecule is COc1ccc(CNC(=O)CSc2nc3ccccc3c(=O)n2CCCOC(C)C)cc1. The molecule has 0 aliphatic rings. The van der Waals surface area contributed by atoms with E-state index in [4.69, 9.17) is 9.47 Å². The number of thioether (sulfide) groups is 1. The standard InChI is InChI=1S/C24H29N3O4S/c1-17(2)31-14-6-13-27-23(29)20-7-4-5-8-21(20)26-24(27)32-16-22(28)25-15-18-9-11-19(30-3)12-10-18/h4-5,7-12,17H,6,13-16H2,1-3H3,(H,25,28). The van der Waals surface area contributed by atoms with Gasteiger partial charge in [-0.25, -0.2) is 4.98 Å². The molecule has 0 unspecified atom stereocenters. The van der Waals surface area contributed by atoms with Crippen molar-refractivity contribution in [2.75, 3.05) is 19.5 Å². The topological polar surface area (TPSA) is 82.5 Å². The van der Waals surface area contributed by atoms with Gasteiger partial charge in [-0.15, -0.1) is 0 Å². The maximum atomic E-state index is 13.0. The van der Waals surface area contributed by atoms with Gasteiger partial charge in [0.05, 0.1) is 29.9 Å². The molecule has 1 N–H and O–H groups in total. The van der Waals surface area contributed by atoms with Crippen molar-refractivity contribution < 1.29 is 14.3 Å². The summed E-state index contributed by atoms with van der Waals surface area (Å²) >= 11 is 1.27. The Morgan fingerprint density at radius 2 is 1.91 bits per heavy atom. The highest BCUT2D eigenvalue weighted by molar-refractivity contribution is 7.99. The lowest BCUT2D eigenvalue weighted by atomic mass is 10.2. The van der Waals surface area contributed by atoms with E-state index in [1.807, 2.05) is 56.3 Å². The number of nitrogens with one attached hydrogen (secondary N) is 1. The Hall–Kier alpha value is -2.84. The monoisotopic (exact) mass is 455 g/mol. The third-order valence-electron chi connectivity index (χ3n) is 4.78. The van der Waals surface area contributed by atoms with E-state index in [-0.39, 0.29) is 23.3 Å². The van der Waals surface area contributed by atoms with Crippen LogP contribution in [0.4, 0.5) is 0 Å². The maximum absolute atomic E-state index is 13.0. The summed E-state index contributed by atoms with van der Waals surface area (Å²) in [5.41, 5.74) is 1.52. The van der Waals surface area contributed by atoms with Gasteiger partial charge in [0.25, 0.3) is 5.56 Å². The van der Waals surface area contributed by atoms with Crippen LogP contribution in [0.25, 0.3) is 10.9 Å². The van der Waals surface area contributed by atoms with Gasteiger partial charge in [0.2, 0.25) is 5.91 Å². The Balaban J connectivity index is 1.66. The van der Waals surface area contributed by atoms with Crippen LogP contribution in [0.2, 0.25) is 0 Å². The summed E-state index contributed by atoms with van der Waals surface area (Å²) in [5.74, 6) is 0.821. The van der Waals surface area contributed by atoms with Crippen molar-refractivity contribution in [2.24, 2.45) is 0 Å². The largest absolute Gasteiger partial charge is 0.497 e. The fraction of sp³-hybridized carbons (Fsp3) is 0.375. The fourth-order valence-corrected chi connectivity index (χ4v) is 3.98. The molecule has 0 radical (unpaired) electrons. The molecule has 0 saturated carbocycles. The van der Waals surface area contributed by atoms with Crippen LogP contribution >= 0.6 is 11.8 Å². The molecule has 0 atom stereocenters. The van der Waals surface area contributed by atoms with Crippen molar-refractivity contribution in [1.82, 2.24) is 14.9 Å². The molecule has 0 aliphatic carbocycles. The van der Waals surface area contributed by atoms with Crippen LogP contribution in [-0.2, 0) is 22.6 Å². The molecule has 1 heterocycles. The second-order valence-corrected chi connectivity index (χ2v) is 8.50. The summed E-state index contributed by atoms with van der Waals surface area (Å²) in [4.78, 5) is 30.1. The number of nitrogens with zero attached hydrogens (tertiary/aromatic N) is 2. The van der Waals surface area contributed by atoms with Gasteiger partial charge in [-0.2, -0.15) is 0 Å². The first-order valence-corrected chi connectivity index (χ1v) is 11.6. The van der Waals surface area contributed by atoms with Crippen LogP contribution in [0, 0.1) is 0 Å². The molecule has 0 fully saturated rings. The summed E-state index contributed by atoms with van der Waals surface area (Å²) in [5, 5.41) is 4.02. The van der Waals surface area contributed by atoms with Gasteiger partial charge < -0.3 is 14.8 Å². The summed E-state index contributed by atoms with van der Waals surface area (Å²) in [6.07, 6.45) is 0.833. The average molecular weight is 456 g/mol. The minimum absolute atomic E-state index is 0.0960. The predicted molar refractivity (Wildman–Crippen MR) is 127 cm³/mol. The molecule has 0 spiro atoms. The van der Waals surface area contributed by atoms with E-state index in [0.29, 0.717) is 42.2 Å². The van der Waals surface area contributed by atoms with E-state index in [2.05, 4.69) is 10.3 Å². The number of ether oxygens (including phenoxy) is 2. The second-order valence-electron chi connectivity index (χ2n) is 7.55. The third kappa shape index (κ3) is 6.58. The minimum Gasteiger partial charge on any atom is -0.497 e. The Morgan fingerprint density at radius 1 is 1.16 bits per heavy atom. The van der Waals surface area contributed by atoms with Crippen LogP contribution in [0.1, 0.15) is 25.8 Å². The van der Waals surface area contributed by atoms with Crippen molar-refractivity contribution in [1.29, 1.82) is 0 Å². The van der Waals surface area contributed by atoms with Gasteiger partial charge in [-0.05, 0) is 50.1 Å². The molecular weight excluding hydrogens is 426 g/mol. The zero-order valence-electron chi connectivity index (χ0n) is 18.7. The van der Waals surface area contributed by atoms with E-state index in [1.165, 1.54) is 11.8 Å². The summed E-state index contributed by atoms with van der Waals surface area (Å²) in [6, 6.07) is 14.8. The maximum Gasteiger partial charge on any atom is 0.262 e. The first-order chi connectivity index (χ1) is 15.5. The highest BCUT2D eigenvalue weighted by atomic mass is 32.2. The number of rotatable bonds is 11. The summed E-state index contributed by atoms with van der Waals surface area (Å²) in [6.45, 7) is 5.43. The fourth-order valence-electron chi connectivity index (χ4n) is 3.12. The third-order valence-corrected chi connectivity index (χ3v) is 5.76. The lowest BCUT2D eigenvalue weighted by molar-refractivity contribution is -0.118. The van der Waals surface area contributed by atoms with E-state index in [1.54, 1.807) is 17.7 Å². The quantitative estimate of drug-likeness (QED) is 0.270. The van der Waals surface area contributed by atoms with E-state index < -0.39 is 0 Å². The van der Waals surface area contributed by atoms with E-state index in [0.717, 1.165) is 11.3 Å². The van der Waals surface area contributed by atoms with Crippen LogP contribution in [-0.4, -0.2) is 41.0 Å². The predicted octanol–water partition coefficient (Wildman–Crippen LogP) is 3.63. The Labute approximate surface area is 192 Å². The van der Waals surface area contributed by atoms with Gasteiger partial charge in [0, 0.05) is 19.7 Å². The lowest BCUT2D eigenvalue weighted by Gasteiger charge is -2.14. The number of hydrogen-bond donors (Lipinski definition) is 1. The molecule has 3 rings (SSSR count). The van der Waals surface area contributed by atoms with Crippen LogP contribution in [0.3, 0.4) is 0 Å². The van der Waals surface area contributed by atoms with Gasteiger partial charge >= 0.3 is 0 Å². The normalized spacial score (nSPS) is 11.1. The number of para-hydroxylation sites is 1. The highest BCUT2D eigenvalue weighted by Gasteiger charge is 2.13. The molecule has 3 aromatic rings. The van der Waals surface area contributed by atoms with Gasteiger partial charge in [-0.1, -0.05) is 36.0 Å². The number of fused-ring (bicyclic) bond motifs is 1. The number of carbonyl (C=O) groups excluding carboxylic acids is 1. The smallest absolute Gasteiger partial charge is 0.262 e. The number of benzene rings is 2. The second kappa shape index (κ2) is 11.7. The zero-order valence-corrected chi connectivity index (χ0v) is 19.5. The number of carbonyl (C=O) groups is 1. The molecule has 2 aromatic carbocycles. The highest BCUT2D eigenvalue weighted by Crippen LogP contribution is 2.18. The molecule has 0 bridgehead atoms. The molecule has 1 amide bonds. The van der Waals surface area contributed by atoms with Crippen LogP contribution in [0.5, 0.6) is 5.75 Å². The van der Waals surface area contributed by atoms with Crippen LogP contribution < -0.4 is 15.6 Å². The molecular formula is C24H29N3O4S. The number of hydrogen-bond acceptors (Lipinski definition) is 6. The first kappa shape index (κ1) is 23.8. The van der Waals surface area contributed by atoms with Crippen molar-refractivity contribution in [3.05, 3.63) is 64.4 Å². The molecule has 32 heavy (non-hydrogen) atoms.